The van der Waals surface area contributed by atoms with Gasteiger partial charge in [-0.3, -0.25) is 0 Å². The largest absolute Gasteiger partial charge is 0.369 e. The van der Waals surface area contributed by atoms with Crippen molar-refractivity contribution in [2.75, 3.05) is 36.4 Å². The number of hydrogen-bond donors (Lipinski definition) is 3. The minimum absolute atomic E-state index is 0.553. The smallest absolute Gasteiger partial charge is 0.229 e. The summed E-state index contributed by atoms with van der Waals surface area (Å²) in [7, 11) is 0. The molecule has 0 radical (unpaired) electrons. The van der Waals surface area contributed by atoms with Crippen LogP contribution < -0.4 is 15.5 Å². The van der Waals surface area contributed by atoms with Gasteiger partial charge in [0.15, 0.2) is 0 Å². The van der Waals surface area contributed by atoms with Crippen LogP contribution in [0.15, 0.2) is 36.8 Å². The number of piperazine rings is 1. The van der Waals surface area contributed by atoms with Gasteiger partial charge in [0, 0.05) is 50.3 Å². The zero-order chi connectivity index (χ0) is 14.8. The summed E-state index contributed by atoms with van der Waals surface area (Å²) in [6.45, 7) is 4.04. The second-order valence-corrected chi connectivity index (χ2v) is 5.23. The predicted molar refractivity (Wildman–Crippen MR) is 86.5 cm³/mol. The Morgan fingerprint density at radius 2 is 2.05 bits per heavy atom. The Morgan fingerprint density at radius 3 is 2.95 bits per heavy atom. The van der Waals surface area contributed by atoms with Gasteiger partial charge in [-0.05, 0) is 12.1 Å². The summed E-state index contributed by atoms with van der Waals surface area (Å²) in [5.41, 5.74) is 2.98. The normalized spacial score (nSPS) is 15.2. The van der Waals surface area contributed by atoms with Crippen molar-refractivity contribution in [2.24, 2.45) is 0 Å². The SMILES string of the molecule is c1cc(N2CCNCC2)cc(Nc2ncc3[nH]ccc3n2)n1. The lowest BCUT2D eigenvalue weighted by Crippen LogP contribution is -2.43. The highest BCUT2D eigenvalue weighted by molar-refractivity contribution is 5.75. The maximum absolute atomic E-state index is 4.46. The van der Waals surface area contributed by atoms with Gasteiger partial charge in [0.1, 0.15) is 5.82 Å². The van der Waals surface area contributed by atoms with Gasteiger partial charge >= 0.3 is 0 Å². The average molecular weight is 295 g/mol. The van der Waals surface area contributed by atoms with Gasteiger partial charge in [-0.15, -0.1) is 0 Å². The minimum atomic E-state index is 0.553. The molecule has 4 rings (SSSR count). The molecule has 0 spiro atoms. The molecule has 0 saturated carbocycles. The van der Waals surface area contributed by atoms with Crippen molar-refractivity contribution in [2.45, 2.75) is 0 Å². The van der Waals surface area contributed by atoms with Crippen LogP contribution in [-0.4, -0.2) is 46.1 Å². The summed E-state index contributed by atoms with van der Waals surface area (Å²) in [6, 6.07) is 6.00. The van der Waals surface area contributed by atoms with Gasteiger partial charge < -0.3 is 20.5 Å². The fourth-order valence-electron chi connectivity index (χ4n) is 2.63. The van der Waals surface area contributed by atoms with E-state index in [2.05, 4.69) is 35.5 Å². The molecule has 4 heterocycles. The van der Waals surface area contributed by atoms with Crippen LogP contribution in [-0.2, 0) is 0 Å². The molecule has 112 valence electrons. The van der Waals surface area contributed by atoms with E-state index in [1.807, 2.05) is 30.6 Å². The van der Waals surface area contributed by atoms with Crippen LogP contribution in [0.3, 0.4) is 0 Å². The molecule has 1 saturated heterocycles. The van der Waals surface area contributed by atoms with Crippen molar-refractivity contribution in [3.63, 3.8) is 0 Å². The molecule has 0 aromatic carbocycles. The molecule has 3 aromatic rings. The Kier molecular flexibility index (Phi) is 3.32. The van der Waals surface area contributed by atoms with E-state index in [4.69, 9.17) is 0 Å². The summed E-state index contributed by atoms with van der Waals surface area (Å²) in [6.07, 6.45) is 5.44. The van der Waals surface area contributed by atoms with Crippen molar-refractivity contribution in [1.82, 2.24) is 25.3 Å². The van der Waals surface area contributed by atoms with Gasteiger partial charge in [0.05, 0.1) is 17.2 Å². The number of pyridine rings is 1. The molecule has 0 unspecified atom stereocenters. The highest BCUT2D eigenvalue weighted by atomic mass is 15.2. The zero-order valence-electron chi connectivity index (χ0n) is 12.1. The zero-order valence-corrected chi connectivity index (χ0v) is 12.1. The van der Waals surface area contributed by atoms with E-state index in [-0.39, 0.29) is 0 Å². The van der Waals surface area contributed by atoms with Gasteiger partial charge in [-0.2, -0.15) is 0 Å². The molecular weight excluding hydrogens is 278 g/mol. The Balaban J connectivity index is 1.56. The summed E-state index contributed by atoms with van der Waals surface area (Å²) < 4.78 is 0. The number of H-pyrrole nitrogens is 1. The van der Waals surface area contributed by atoms with Gasteiger partial charge in [-0.25, -0.2) is 15.0 Å². The number of aromatic amines is 1. The van der Waals surface area contributed by atoms with Crippen LogP contribution >= 0.6 is 0 Å². The fourth-order valence-corrected chi connectivity index (χ4v) is 2.63. The summed E-state index contributed by atoms with van der Waals surface area (Å²) in [5, 5.41) is 6.53. The summed E-state index contributed by atoms with van der Waals surface area (Å²) in [5.74, 6) is 1.31. The highest BCUT2D eigenvalue weighted by Gasteiger charge is 2.11. The first-order valence-electron chi connectivity index (χ1n) is 7.37. The van der Waals surface area contributed by atoms with Gasteiger partial charge in [0.25, 0.3) is 0 Å². The molecular formula is C15H17N7. The van der Waals surface area contributed by atoms with E-state index in [0.29, 0.717) is 5.95 Å². The van der Waals surface area contributed by atoms with E-state index in [1.54, 1.807) is 6.20 Å². The van der Waals surface area contributed by atoms with Crippen molar-refractivity contribution >= 4 is 28.5 Å². The molecule has 1 fully saturated rings. The number of nitrogens with one attached hydrogen (secondary N) is 3. The lowest BCUT2D eigenvalue weighted by Gasteiger charge is -2.29. The van der Waals surface area contributed by atoms with Gasteiger partial charge in [-0.1, -0.05) is 0 Å². The molecule has 0 atom stereocenters. The Morgan fingerprint density at radius 1 is 1.14 bits per heavy atom. The van der Waals surface area contributed by atoms with Crippen molar-refractivity contribution in [3.8, 4) is 0 Å². The van der Waals surface area contributed by atoms with Crippen molar-refractivity contribution in [1.29, 1.82) is 0 Å². The van der Waals surface area contributed by atoms with E-state index in [9.17, 15) is 0 Å². The topological polar surface area (TPSA) is 81.8 Å². The van der Waals surface area contributed by atoms with Crippen molar-refractivity contribution < 1.29 is 0 Å². The lowest BCUT2D eigenvalue weighted by molar-refractivity contribution is 0.589. The Bertz CT molecular complexity index is 776. The Hall–Kier alpha value is -2.67. The maximum Gasteiger partial charge on any atom is 0.229 e. The summed E-state index contributed by atoms with van der Waals surface area (Å²) in [4.78, 5) is 18.5. The third-order valence-electron chi connectivity index (χ3n) is 3.76. The van der Waals surface area contributed by atoms with Crippen LogP contribution in [0.5, 0.6) is 0 Å². The summed E-state index contributed by atoms with van der Waals surface area (Å²) >= 11 is 0. The van der Waals surface area contributed by atoms with Crippen molar-refractivity contribution in [3.05, 3.63) is 36.8 Å². The second kappa shape index (κ2) is 5.61. The molecule has 1 aliphatic heterocycles. The van der Waals surface area contributed by atoms with Crippen LogP contribution in [0.4, 0.5) is 17.5 Å². The first-order chi connectivity index (χ1) is 10.9. The monoisotopic (exact) mass is 295 g/mol. The number of aromatic nitrogens is 4. The van der Waals surface area contributed by atoms with Crippen LogP contribution in [0, 0.1) is 0 Å². The fraction of sp³-hybridized carbons (Fsp3) is 0.267. The number of anilines is 3. The van der Waals surface area contributed by atoms with E-state index in [1.165, 1.54) is 5.69 Å². The highest BCUT2D eigenvalue weighted by Crippen LogP contribution is 2.20. The van der Waals surface area contributed by atoms with Crippen LogP contribution in [0.1, 0.15) is 0 Å². The molecule has 0 bridgehead atoms. The second-order valence-electron chi connectivity index (χ2n) is 5.23. The molecule has 1 aliphatic rings. The molecule has 0 amide bonds. The standard InChI is InChI=1S/C15H17N7/c1-3-18-14(9-11(1)22-7-5-16-6-8-22)21-15-19-10-13-12(20-15)2-4-17-13/h1-4,9-10,16-17H,5-8H2,(H,18,19,20,21). The quantitative estimate of drug-likeness (QED) is 0.679. The molecule has 0 aliphatic carbocycles. The first kappa shape index (κ1) is 13.0. The maximum atomic E-state index is 4.46. The van der Waals surface area contributed by atoms with Crippen LogP contribution in [0.2, 0.25) is 0 Å². The predicted octanol–water partition coefficient (Wildman–Crippen LogP) is 1.51. The number of fused-ring (bicyclic) bond motifs is 1. The van der Waals surface area contributed by atoms with E-state index >= 15 is 0 Å². The minimum Gasteiger partial charge on any atom is -0.369 e. The molecule has 7 nitrogen and oxygen atoms in total. The average Bonchev–Trinajstić information content (AvgIpc) is 3.04. The third kappa shape index (κ3) is 2.58. The Labute approximate surface area is 127 Å². The molecule has 3 N–H and O–H groups in total. The van der Waals surface area contributed by atoms with E-state index in [0.717, 1.165) is 43.0 Å². The molecule has 22 heavy (non-hydrogen) atoms. The van der Waals surface area contributed by atoms with Crippen LogP contribution in [0.25, 0.3) is 11.0 Å². The number of rotatable bonds is 3. The first-order valence-corrected chi connectivity index (χ1v) is 7.37. The van der Waals surface area contributed by atoms with Gasteiger partial charge in [0.2, 0.25) is 5.95 Å². The lowest BCUT2D eigenvalue weighted by atomic mass is 10.3. The third-order valence-corrected chi connectivity index (χ3v) is 3.76. The molecule has 3 aromatic heterocycles. The van der Waals surface area contributed by atoms with E-state index < -0.39 is 0 Å². The number of nitrogens with zero attached hydrogens (tertiary/aromatic N) is 4. The number of hydrogen-bond acceptors (Lipinski definition) is 6. The molecule has 7 heteroatoms.